The number of hydrogen-bond donors (Lipinski definition) is 2. The highest BCUT2D eigenvalue weighted by Crippen LogP contribution is 2.18. The molecule has 1 amide bonds. The van der Waals surface area contributed by atoms with E-state index < -0.39 is 5.97 Å². The molecule has 1 fully saturated rings. The van der Waals surface area contributed by atoms with Gasteiger partial charge in [0.15, 0.2) is 0 Å². The van der Waals surface area contributed by atoms with Crippen molar-refractivity contribution >= 4 is 11.9 Å². The highest BCUT2D eigenvalue weighted by Gasteiger charge is 2.22. The van der Waals surface area contributed by atoms with Gasteiger partial charge in [-0.25, -0.2) is 0 Å². The first kappa shape index (κ1) is 9.03. The van der Waals surface area contributed by atoms with E-state index in [1.54, 1.807) is 0 Å². The predicted octanol–water partition coefficient (Wildman–Crippen LogP) is 0.520. The zero-order valence-corrected chi connectivity index (χ0v) is 6.88. The van der Waals surface area contributed by atoms with E-state index in [4.69, 9.17) is 5.11 Å². The normalized spacial score (nSPS) is 15.7. The Labute approximate surface area is 71.0 Å². The predicted molar refractivity (Wildman–Crippen MR) is 42.7 cm³/mol. The van der Waals surface area contributed by atoms with Crippen LogP contribution in [0, 0.1) is 0 Å². The van der Waals surface area contributed by atoms with Gasteiger partial charge in [-0.15, -0.1) is 0 Å². The summed E-state index contributed by atoms with van der Waals surface area (Å²) in [4.78, 5) is 21.1. The number of nitrogens with one attached hydrogen (secondary N) is 1. The van der Waals surface area contributed by atoms with Gasteiger partial charge in [0.25, 0.3) is 0 Å². The van der Waals surface area contributed by atoms with Crippen LogP contribution in [0.25, 0.3) is 0 Å². The standard InChI is InChI=1S/C8H13NO3/c10-7(9-6-4-5-6)2-1-3-8(11)12/h6H,1-5H2,(H,9,10)(H,11,12). The van der Waals surface area contributed by atoms with Crippen LogP contribution in [0.2, 0.25) is 0 Å². The summed E-state index contributed by atoms with van der Waals surface area (Å²) in [5.74, 6) is -0.854. The van der Waals surface area contributed by atoms with Gasteiger partial charge in [0.05, 0.1) is 0 Å². The van der Waals surface area contributed by atoms with Crippen LogP contribution in [-0.4, -0.2) is 23.0 Å². The Hall–Kier alpha value is -1.06. The Morgan fingerprint density at radius 1 is 1.33 bits per heavy atom. The number of aliphatic carboxylic acids is 1. The van der Waals surface area contributed by atoms with Crippen molar-refractivity contribution < 1.29 is 14.7 Å². The Bertz CT molecular complexity index is 187. The van der Waals surface area contributed by atoms with Gasteiger partial charge in [0.1, 0.15) is 0 Å². The largest absolute Gasteiger partial charge is 0.481 e. The molecule has 0 spiro atoms. The van der Waals surface area contributed by atoms with Crippen molar-refractivity contribution in [1.82, 2.24) is 5.32 Å². The maximum atomic E-state index is 11.0. The van der Waals surface area contributed by atoms with Gasteiger partial charge in [-0.05, 0) is 19.3 Å². The smallest absolute Gasteiger partial charge is 0.303 e. The molecule has 4 heteroatoms. The van der Waals surface area contributed by atoms with Crippen molar-refractivity contribution in [2.45, 2.75) is 38.1 Å². The lowest BCUT2D eigenvalue weighted by Gasteiger charge is -2.00. The molecule has 0 aromatic carbocycles. The molecule has 0 aliphatic heterocycles. The lowest BCUT2D eigenvalue weighted by Crippen LogP contribution is -2.25. The molecule has 1 rings (SSSR count). The number of carbonyl (C=O) groups excluding carboxylic acids is 1. The molecule has 0 radical (unpaired) electrons. The molecule has 1 aliphatic carbocycles. The topological polar surface area (TPSA) is 66.4 Å². The van der Waals surface area contributed by atoms with Gasteiger partial charge in [-0.3, -0.25) is 9.59 Å². The molecule has 0 aromatic heterocycles. The molecule has 1 aliphatic rings. The Kier molecular flexibility index (Phi) is 3.08. The average molecular weight is 171 g/mol. The Morgan fingerprint density at radius 2 is 2.00 bits per heavy atom. The fraction of sp³-hybridized carbons (Fsp3) is 0.750. The van der Waals surface area contributed by atoms with E-state index in [0.717, 1.165) is 12.8 Å². The van der Waals surface area contributed by atoms with Crippen molar-refractivity contribution in [2.24, 2.45) is 0 Å². The molecule has 1 saturated carbocycles. The fourth-order valence-electron chi connectivity index (χ4n) is 0.928. The molecule has 12 heavy (non-hydrogen) atoms. The van der Waals surface area contributed by atoms with Crippen LogP contribution in [0.15, 0.2) is 0 Å². The van der Waals surface area contributed by atoms with E-state index in [-0.39, 0.29) is 12.3 Å². The second-order valence-corrected chi connectivity index (χ2v) is 3.09. The van der Waals surface area contributed by atoms with Crippen molar-refractivity contribution in [3.8, 4) is 0 Å². The number of carbonyl (C=O) groups is 2. The van der Waals surface area contributed by atoms with Crippen LogP contribution < -0.4 is 5.32 Å². The van der Waals surface area contributed by atoms with Crippen molar-refractivity contribution in [3.63, 3.8) is 0 Å². The van der Waals surface area contributed by atoms with Crippen LogP contribution in [0.1, 0.15) is 32.1 Å². The third-order valence-electron chi connectivity index (χ3n) is 1.74. The summed E-state index contributed by atoms with van der Waals surface area (Å²) in [5.41, 5.74) is 0. The third-order valence-corrected chi connectivity index (χ3v) is 1.74. The molecule has 0 heterocycles. The SMILES string of the molecule is O=C(O)CCCC(=O)NC1CC1. The van der Waals surface area contributed by atoms with E-state index in [1.165, 1.54) is 0 Å². The average Bonchev–Trinajstić information content (AvgIpc) is 2.70. The molecule has 0 saturated heterocycles. The van der Waals surface area contributed by atoms with Gasteiger partial charge in [-0.2, -0.15) is 0 Å². The maximum absolute atomic E-state index is 11.0. The highest BCUT2D eigenvalue weighted by atomic mass is 16.4. The number of rotatable bonds is 5. The summed E-state index contributed by atoms with van der Waals surface area (Å²) in [6.07, 6.45) is 3.00. The maximum Gasteiger partial charge on any atom is 0.303 e. The Balaban J connectivity index is 1.97. The van der Waals surface area contributed by atoms with Crippen LogP contribution >= 0.6 is 0 Å². The van der Waals surface area contributed by atoms with E-state index in [9.17, 15) is 9.59 Å². The quantitative estimate of drug-likeness (QED) is 0.633. The molecular weight excluding hydrogens is 158 g/mol. The van der Waals surface area contributed by atoms with Gasteiger partial charge >= 0.3 is 5.97 Å². The molecule has 68 valence electrons. The van der Waals surface area contributed by atoms with E-state index >= 15 is 0 Å². The van der Waals surface area contributed by atoms with Gasteiger partial charge < -0.3 is 10.4 Å². The molecule has 0 atom stereocenters. The van der Waals surface area contributed by atoms with Crippen LogP contribution in [0.3, 0.4) is 0 Å². The first-order valence-corrected chi connectivity index (χ1v) is 4.19. The first-order chi connectivity index (χ1) is 5.68. The minimum Gasteiger partial charge on any atom is -0.481 e. The summed E-state index contributed by atoms with van der Waals surface area (Å²) in [7, 11) is 0. The highest BCUT2D eigenvalue weighted by molar-refractivity contribution is 5.77. The third kappa shape index (κ3) is 3.95. The second-order valence-electron chi connectivity index (χ2n) is 3.09. The first-order valence-electron chi connectivity index (χ1n) is 4.19. The summed E-state index contributed by atoms with van der Waals surface area (Å²) in [6, 6.07) is 0.377. The minimum absolute atomic E-state index is 0.0150. The minimum atomic E-state index is -0.839. The van der Waals surface area contributed by atoms with Crippen molar-refractivity contribution in [3.05, 3.63) is 0 Å². The van der Waals surface area contributed by atoms with Crippen LogP contribution in [0.5, 0.6) is 0 Å². The zero-order chi connectivity index (χ0) is 8.97. The number of carboxylic acids is 1. The molecule has 2 N–H and O–H groups in total. The number of hydrogen-bond acceptors (Lipinski definition) is 2. The molecule has 4 nitrogen and oxygen atoms in total. The molecule has 0 unspecified atom stereocenters. The molecule has 0 aromatic rings. The van der Waals surface area contributed by atoms with Gasteiger partial charge in [0, 0.05) is 18.9 Å². The molecular formula is C8H13NO3. The lowest BCUT2D eigenvalue weighted by atomic mass is 10.2. The summed E-state index contributed by atoms with van der Waals surface area (Å²) >= 11 is 0. The Morgan fingerprint density at radius 3 is 2.50 bits per heavy atom. The zero-order valence-electron chi connectivity index (χ0n) is 6.88. The summed E-state index contributed by atoms with van der Waals surface area (Å²) in [6.45, 7) is 0. The number of carboxylic acid groups (broad SMARTS) is 1. The fourth-order valence-corrected chi connectivity index (χ4v) is 0.928. The monoisotopic (exact) mass is 171 g/mol. The number of amides is 1. The van der Waals surface area contributed by atoms with Crippen molar-refractivity contribution in [2.75, 3.05) is 0 Å². The second kappa shape index (κ2) is 4.09. The van der Waals surface area contributed by atoms with Gasteiger partial charge in [0.2, 0.25) is 5.91 Å². The summed E-state index contributed by atoms with van der Waals surface area (Å²) < 4.78 is 0. The van der Waals surface area contributed by atoms with Crippen LogP contribution in [0.4, 0.5) is 0 Å². The molecule has 0 bridgehead atoms. The van der Waals surface area contributed by atoms with E-state index in [1.807, 2.05) is 0 Å². The van der Waals surface area contributed by atoms with E-state index in [0.29, 0.717) is 18.9 Å². The summed E-state index contributed by atoms with van der Waals surface area (Å²) in [5, 5.41) is 11.1. The van der Waals surface area contributed by atoms with E-state index in [2.05, 4.69) is 5.32 Å². The lowest BCUT2D eigenvalue weighted by molar-refractivity contribution is -0.137. The van der Waals surface area contributed by atoms with Gasteiger partial charge in [-0.1, -0.05) is 0 Å². The van der Waals surface area contributed by atoms with Crippen molar-refractivity contribution in [1.29, 1.82) is 0 Å². The van der Waals surface area contributed by atoms with Crippen LogP contribution in [-0.2, 0) is 9.59 Å².